The van der Waals surface area contributed by atoms with Crippen LogP contribution in [-0.2, 0) is 0 Å². The molecule has 5 N–H and O–H groups in total. The molecule has 94 valence electrons. The zero-order valence-electron chi connectivity index (χ0n) is 9.51. The molecule has 0 amide bonds. The minimum atomic E-state index is -0.538. The standard InChI is InChI=1S/C10H16N4O3/c1-2-7(15)6-12-8-4-3-5-9(13-11)10(8)14(16)17/h3-5,7,12-13,15H,2,6,11H2,1H3. The third-order valence-corrected chi connectivity index (χ3v) is 2.37. The average molecular weight is 240 g/mol. The summed E-state index contributed by atoms with van der Waals surface area (Å²) in [6, 6.07) is 4.73. The molecule has 0 spiro atoms. The normalized spacial score (nSPS) is 11.9. The van der Waals surface area contributed by atoms with E-state index in [1.807, 2.05) is 6.92 Å². The van der Waals surface area contributed by atoms with Gasteiger partial charge in [-0.2, -0.15) is 0 Å². The van der Waals surface area contributed by atoms with E-state index in [2.05, 4.69) is 10.7 Å². The summed E-state index contributed by atoms with van der Waals surface area (Å²) in [5.41, 5.74) is 2.71. The fourth-order valence-corrected chi connectivity index (χ4v) is 1.37. The molecule has 0 radical (unpaired) electrons. The van der Waals surface area contributed by atoms with Crippen LogP contribution in [0.1, 0.15) is 13.3 Å². The maximum Gasteiger partial charge on any atom is 0.316 e. The Bertz CT molecular complexity index is 397. The van der Waals surface area contributed by atoms with Crippen molar-refractivity contribution >= 4 is 17.1 Å². The van der Waals surface area contributed by atoms with E-state index in [1.54, 1.807) is 12.1 Å². The minimum Gasteiger partial charge on any atom is -0.391 e. The average Bonchev–Trinajstić information content (AvgIpc) is 2.34. The Hall–Kier alpha value is -1.86. The summed E-state index contributed by atoms with van der Waals surface area (Å²) in [5.74, 6) is 5.21. The molecule has 0 bridgehead atoms. The van der Waals surface area contributed by atoms with Gasteiger partial charge in [-0.3, -0.25) is 16.0 Å². The molecule has 1 aromatic rings. The predicted octanol–water partition coefficient (Wildman–Crippen LogP) is 1.06. The Morgan fingerprint density at radius 3 is 2.71 bits per heavy atom. The number of nitro benzene ring substituents is 1. The number of nitrogen functional groups attached to an aromatic ring is 1. The number of nitrogens with zero attached hydrogens (tertiary/aromatic N) is 1. The first kappa shape index (κ1) is 13.2. The molecule has 1 rings (SSSR count). The fraction of sp³-hybridized carbons (Fsp3) is 0.400. The summed E-state index contributed by atoms with van der Waals surface area (Å²) in [6.07, 6.45) is 0.0411. The molecule has 0 saturated heterocycles. The topological polar surface area (TPSA) is 113 Å². The molecule has 1 atom stereocenters. The van der Waals surface area contributed by atoms with E-state index in [0.29, 0.717) is 12.1 Å². The summed E-state index contributed by atoms with van der Waals surface area (Å²) in [6.45, 7) is 2.09. The second-order valence-corrected chi connectivity index (χ2v) is 3.55. The van der Waals surface area contributed by atoms with Gasteiger partial charge in [-0.15, -0.1) is 0 Å². The van der Waals surface area contributed by atoms with Crippen LogP contribution in [0.25, 0.3) is 0 Å². The van der Waals surface area contributed by atoms with Crippen molar-refractivity contribution in [3.8, 4) is 0 Å². The molecular weight excluding hydrogens is 224 g/mol. The van der Waals surface area contributed by atoms with Crippen LogP contribution < -0.4 is 16.6 Å². The number of nitro groups is 1. The first-order chi connectivity index (χ1) is 8.10. The minimum absolute atomic E-state index is 0.127. The molecule has 1 aromatic carbocycles. The van der Waals surface area contributed by atoms with Gasteiger partial charge in [0, 0.05) is 6.54 Å². The van der Waals surface area contributed by atoms with Gasteiger partial charge in [0.15, 0.2) is 0 Å². The Labute approximate surface area is 98.7 Å². The highest BCUT2D eigenvalue weighted by Gasteiger charge is 2.19. The summed E-state index contributed by atoms with van der Waals surface area (Å²) in [5, 5.41) is 23.2. The number of anilines is 2. The lowest BCUT2D eigenvalue weighted by Gasteiger charge is -2.12. The number of nitrogens with two attached hydrogens (primary N) is 1. The number of rotatable bonds is 6. The van der Waals surface area contributed by atoms with E-state index in [0.717, 1.165) is 0 Å². The van der Waals surface area contributed by atoms with Crippen LogP contribution in [0.5, 0.6) is 0 Å². The maximum atomic E-state index is 10.9. The van der Waals surface area contributed by atoms with Crippen LogP contribution in [0, 0.1) is 10.1 Å². The quantitative estimate of drug-likeness (QED) is 0.336. The van der Waals surface area contributed by atoms with Crippen molar-refractivity contribution in [3.63, 3.8) is 0 Å². The molecule has 7 heteroatoms. The lowest BCUT2D eigenvalue weighted by atomic mass is 10.2. The van der Waals surface area contributed by atoms with E-state index in [-0.39, 0.29) is 17.9 Å². The smallest absolute Gasteiger partial charge is 0.316 e. The molecule has 0 heterocycles. The number of para-hydroxylation sites is 1. The summed E-state index contributed by atoms with van der Waals surface area (Å²) in [7, 11) is 0. The molecule has 0 fully saturated rings. The SMILES string of the molecule is CCC(O)CNc1cccc(NN)c1[N+](=O)[O-]. The zero-order valence-corrected chi connectivity index (χ0v) is 9.51. The highest BCUT2D eigenvalue weighted by atomic mass is 16.6. The van der Waals surface area contributed by atoms with Gasteiger partial charge >= 0.3 is 5.69 Å². The molecule has 17 heavy (non-hydrogen) atoms. The van der Waals surface area contributed by atoms with Gasteiger partial charge < -0.3 is 15.8 Å². The van der Waals surface area contributed by atoms with Crippen molar-refractivity contribution in [1.29, 1.82) is 0 Å². The summed E-state index contributed by atoms with van der Waals surface area (Å²) in [4.78, 5) is 10.4. The van der Waals surface area contributed by atoms with Crippen LogP contribution in [0.2, 0.25) is 0 Å². The Balaban J connectivity index is 2.94. The Morgan fingerprint density at radius 1 is 1.53 bits per heavy atom. The number of benzene rings is 1. The summed E-state index contributed by atoms with van der Waals surface area (Å²) < 4.78 is 0. The van der Waals surface area contributed by atoms with Crippen molar-refractivity contribution in [1.82, 2.24) is 0 Å². The number of hydrogen-bond acceptors (Lipinski definition) is 6. The van der Waals surface area contributed by atoms with Gasteiger partial charge in [0.25, 0.3) is 0 Å². The van der Waals surface area contributed by atoms with Crippen molar-refractivity contribution in [3.05, 3.63) is 28.3 Å². The van der Waals surface area contributed by atoms with Crippen molar-refractivity contribution < 1.29 is 10.0 Å². The van der Waals surface area contributed by atoms with Gasteiger partial charge in [0.05, 0.1) is 11.0 Å². The molecular formula is C10H16N4O3. The second kappa shape index (κ2) is 6.02. The molecule has 0 aliphatic carbocycles. The Morgan fingerprint density at radius 2 is 2.18 bits per heavy atom. The van der Waals surface area contributed by atoms with Crippen LogP contribution in [0.3, 0.4) is 0 Å². The number of nitrogens with one attached hydrogen (secondary N) is 2. The lowest BCUT2D eigenvalue weighted by Crippen LogP contribution is -2.19. The number of hydrogen-bond donors (Lipinski definition) is 4. The van der Waals surface area contributed by atoms with Gasteiger partial charge in [0.2, 0.25) is 0 Å². The molecule has 0 aliphatic rings. The van der Waals surface area contributed by atoms with Gasteiger partial charge in [-0.05, 0) is 18.6 Å². The van der Waals surface area contributed by atoms with Gasteiger partial charge in [-0.1, -0.05) is 13.0 Å². The first-order valence-corrected chi connectivity index (χ1v) is 5.26. The molecule has 7 nitrogen and oxygen atoms in total. The van der Waals surface area contributed by atoms with Gasteiger partial charge in [0.1, 0.15) is 11.4 Å². The molecule has 0 aliphatic heterocycles. The van der Waals surface area contributed by atoms with E-state index in [1.165, 1.54) is 6.07 Å². The van der Waals surface area contributed by atoms with Crippen LogP contribution in [-0.4, -0.2) is 22.7 Å². The maximum absolute atomic E-state index is 10.9. The van der Waals surface area contributed by atoms with Crippen LogP contribution >= 0.6 is 0 Å². The van der Waals surface area contributed by atoms with Crippen LogP contribution in [0.4, 0.5) is 17.1 Å². The number of hydrazine groups is 1. The fourth-order valence-electron chi connectivity index (χ4n) is 1.37. The molecule has 1 unspecified atom stereocenters. The first-order valence-electron chi connectivity index (χ1n) is 5.26. The van der Waals surface area contributed by atoms with Crippen molar-refractivity contribution in [2.45, 2.75) is 19.4 Å². The largest absolute Gasteiger partial charge is 0.391 e. The van der Waals surface area contributed by atoms with Crippen LogP contribution in [0.15, 0.2) is 18.2 Å². The van der Waals surface area contributed by atoms with E-state index in [4.69, 9.17) is 5.84 Å². The monoisotopic (exact) mass is 240 g/mol. The third kappa shape index (κ3) is 3.30. The van der Waals surface area contributed by atoms with E-state index < -0.39 is 11.0 Å². The lowest BCUT2D eigenvalue weighted by molar-refractivity contribution is -0.383. The van der Waals surface area contributed by atoms with Crippen molar-refractivity contribution in [2.75, 3.05) is 17.3 Å². The van der Waals surface area contributed by atoms with Gasteiger partial charge in [-0.25, -0.2) is 0 Å². The molecule has 0 saturated carbocycles. The van der Waals surface area contributed by atoms with E-state index >= 15 is 0 Å². The third-order valence-electron chi connectivity index (χ3n) is 2.37. The number of aliphatic hydroxyl groups is 1. The summed E-state index contributed by atoms with van der Waals surface area (Å²) >= 11 is 0. The number of aliphatic hydroxyl groups excluding tert-OH is 1. The second-order valence-electron chi connectivity index (χ2n) is 3.55. The Kier molecular flexibility index (Phi) is 4.68. The molecule has 0 aromatic heterocycles. The highest BCUT2D eigenvalue weighted by Crippen LogP contribution is 2.31. The predicted molar refractivity (Wildman–Crippen MR) is 65.7 cm³/mol. The van der Waals surface area contributed by atoms with Crippen molar-refractivity contribution in [2.24, 2.45) is 5.84 Å². The highest BCUT2D eigenvalue weighted by molar-refractivity contribution is 5.75. The van der Waals surface area contributed by atoms with E-state index in [9.17, 15) is 15.2 Å². The zero-order chi connectivity index (χ0) is 12.8.